The van der Waals surface area contributed by atoms with E-state index in [9.17, 15) is 0 Å². The van der Waals surface area contributed by atoms with Crippen molar-refractivity contribution in [2.24, 2.45) is 0 Å². The first-order valence-corrected chi connectivity index (χ1v) is 3.48. The van der Waals surface area contributed by atoms with Gasteiger partial charge in [-0.25, -0.2) is 0 Å². The number of aliphatic hydroxyl groups is 6. The Bertz CT molecular complexity index is 110. The van der Waals surface area contributed by atoms with Crippen molar-refractivity contribution in [3.05, 3.63) is 0 Å². The van der Waals surface area contributed by atoms with Gasteiger partial charge >= 0.3 is 0 Å². The summed E-state index contributed by atoms with van der Waals surface area (Å²) in [6.45, 7) is -1.45. The van der Waals surface area contributed by atoms with Crippen LogP contribution in [0, 0.1) is 0 Å². The normalized spacial score (nSPS) is 19.8. The van der Waals surface area contributed by atoms with Crippen LogP contribution in [0.3, 0.4) is 0 Å². The Balaban J connectivity index is 0. The first-order valence-electron chi connectivity index (χ1n) is 3.48. The second-order valence-corrected chi connectivity index (χ2v) is 2.48. The van der Waals surface area contributed by atoms with Crippen molar-refractivity contribution in [3.8, 4) is 0 Å². The van der Waals surface area contributed by atoms with Gasteiger partial charge in [0.15, 0.2) is 0 Å². The molecule has 4 unspecified atom stereocenters. The third kappa shape index (κ3) is 4.90. The van der Waals surface area contributed by atoms with Crippen LogP contribution in [-0.2, 0) is 17.1 Å². The number of aliphatic hydroxyl groups excluding tert-OH is 6. The van der Waals surface area contributed by atoms with Crippen molar-refractivity contribution < 1.29 is 47.7 Å². The van der Waals surface area contributed by atoms with Crippen LogP contribution in [0.25, 0.3) is 0 Å². The van der Waals surface area contributed by atoms with E-state index in [0.717, 1.165) is 0 Å². The van der Waals surface area contributed by atoms with E-state index >= 15 is 0 Å². The summed E-state index contributed by atoms with van der Waals surface area (Å²) in [5.41, 5.74) is 0. The zero-order chi connectivity index (χ0) is 9.72. The van der Waals surface area contributed by atoms with Crippen LogP contribution in [-0.4, -0.2) is 68.3 Å². The smallest absolute Gasteiger partial charge is 0.111 e. The Kier molecular flexibility index (Phi) is 9.28. The summed E-state index contributed by atoms with van der Waals surface area (Å²) in [7, 11) is 0. The average molecular weight is 246 g/mol. The van der Waals surface area contributed by atoms with E-state index in [0.29, 0.717) is 0 Å². The molecule has 0 aliphatic heterocycles. The van der Waals surface area contributed by atoms with Gasteiger partial charge in [0.05, 0.1) is 13.2 Å². The SMILES string of the molecule is OCC(O)C(O)C(O)C(O)CO.[Cu]. The zero-order valence-electron chi connectivity index (χ0n) is 6.71. The molecule has 0 saturated carbocycles. The van der Waals surface area contributed by atoms with Crippen molar-refractivity contribution in [2.45, 2.75) is 24.4 Å². The second kappa shape index (κ2) is 7.66. The van der Waals surface area contributed by atoms with E-state index in [1.807, 2.05) is 0 Å². The Hall–Kier alpha value is 0.279. The Labute approximate surface area is 85.9 Å². The molecule has 0 amide bonds. The Morgan fingerprint density at radius 3 is 1.08 bits per heavy atom. The Morgan fingerprint density at radius 2 is 0.923 bits per heavy atom. The first-order chi connectivity index (χ1) is 5.54. The van der Waals surface area contributed by atoms with Crippen LogP contribution in [0.5, 0.6) is 0 Å². The summed E-state index contributed by atoms with van der Waals surface area (Å²) in [4.78, 5) is 0. The van der Waals surface area contributed by atoms with Crippen molar-refractivity contribution in [3.63, 3.8) is 0 Å². The van der Waals surface area contributed by atoms with Crippen LogP contribution in [0.2, 0.25) is 0 Å². The molecule has 0 aliphatic carbocycles. The molecule has 4 atom stereocenters. The summed E-state index contributed by atoms with van der Waals surface area (Å²) >= 11 is 0. The van der Waals surface area contributed by atoms with Gasteiger partial charge in [-0.2, -0.15) is 0 Å². The van der Waals surface area contributed by atoms with E-state index < -0.39 is 37.6 Å². The summed E-state index contributed by atoms with van der Waals surface area (Å²) < 4.78 is 0. The minimum atomic E-state index is -1.67. The molecule has 0 aliphatic rings. The molecule has 0 spiro atoms. The van der Waals surface area contributed by atoms with Gasteiger partial charge in [0, 0.05) is 17.1 Å². The predicted molar refractivity (Wildman–Crippen MR) is 38.2 cm³/mol. The fourth-order valence-electron chi connectivity index (χ4n) is 0.671. The molecular weight excluding hydrogens is 232 g/mol. The van der Waals surface area contributed by atoms with Crippen LogP contribution >= 0.6 is 0 Å². The molecule has 0 heterocycles. The zero-order valence-corrected chi connectivity index (χ0v) is 7.65. The van der Waals surface area contributed by atoms with Gasteiger partial charge < -0.3 is 30.6 Å². The van der Waals surface area contributed by atoms with E-state index in [4.69, 9.17) is 30.6 Å². The topological polar surface area (TPSA) is 121 Å². The molecule has 13 heavy (non-hydrogen) atoms. The van der Waals surface area contributed by atoms with Gasteiger partial charge in [0.25, 0.3) is 0 Å². The Morgan fingerprint density at radius 1 is 0.692 bits per heavy atom. The molecule has 0 saturated heterocycles. The fourth-order valence-corrected chi connectivity index (χ4v) is 0.671. The second-order valence-electron chi connectivity index (χ2n) is 2.48. The molecular formula is C6H14CuO6. The summed E-state index contributed by atoms with van der Waals surface area (Å²) in [6.07, 6.45) is -6.39. The monoisotopic (exact) mass is 245 g/mol. The number of hydrogen-bond acceptors (Lipinski definition) is 6. The maximum atomic E-state index is 8.96. The summed E-state index contributed by atoms with van der Waals surface area (Å²) in [5.74, 6) is 0. The van der Waals surface area contributed by atoms with Crippen LogP contribution in [0.1, 0.15) is 0 Å². The number of rotatable bonds is 5. The van der Waals surface area contributed by atoms with E-state index in [-0.39, 0.29) is 17.1 Å². The maximum Gasteiger partial charge on any atom is 0.111 e. The minimum absolute atomic E-state index is 0. The van der Waals surface area contributed by atoms with Crippen molar-refractivity contribution in [1.82, 2.24) is 0 Å². The van der Waals surface area contributed by atoms with Crippen molar-refractivity contribution in [2.75, 3.05) is 13.2 Å². The molecule has 6 N–H and O–H groups in total. The molecule has 0 rings (SSSR count). The molecule has 0 fully saturated rings. The van der Waals surface area contributed by atoms with E-state index in [2.05, 4.69) is 0 Å². The molecule has 6 nitrogen and oxygen atoms in total. The van der Waals surface area contributed by atoms with E-state index in [1.165, 1.54) is 0 Å². The molecule has 85 valence electrons. The number of hydrogen-bond donors (Lipinski definition) is 6. The molecule has 0 aromatic carbocycles. The predicted octanol–water partition coefficient (Wildman–Crippen LogP) is -3.59. The van der Waals surface area contributed by atoms with E-state index in [1.54, 1.807) is 0 Å². The first kappa shape index (κ1) is 15.7. The van der Waals surface area contributed by atoms with Crippen LogP contribution in [0.15, 0.2) is 0 Å². The van der Waals surface area contributed by atoms with Gasteiger partial charge in [-0.1, -0.05) is 0 Å². The van der Waals surface area contributed by atoms with Crippen molar-refractivity contribution >= 4 is 0 Å². The summed E-state index contributed by atoms with van der Waals surface area (Å²) in [5, 5.41) is 52.2. The van der Waals surface area contributed by atoms with Crippen LogP contribution < -0.4 is 0 Å². The molecule has 1 radical (unpaired) electrons. The minimum Gasteiger partial charge on any atom is -0.394 e. The van der Waals surface area contributed by atoms with Gasteiger partial charge in [-0.3, -0.25) is 0 Å². The van der Waals surface area contributed by atoms with Gasteiger partial charge in [-0.15, -0.1) is 0 Å². The molecule has 0 bridgehead atoms. The molecule has 0 aromatic heterocycles. The molecule has 7 heteroatoms. The van der Waals surface area contributed by atoms with Gasteiger partial charge in [-0.05, 0) is 0 Å². The maximum absolute atomic E-state index is 8.96. The third-order valence-corrected chi connectivity index (χ3v) is 1.51. The van der Waals surface area contributed by atoms with Crippen molar-refractivity contribution in [1.29, 1.82) is 0 Å². The summed E-state index contributed by atoms with van der Waals surface area (Å²) in [6, 6.07) is 0. The molecule has 0 aromatic rings. The fraction of sp³-hybridized carbons (Fsp3) is 1.00. The van der Waals surface area contributed by atoms with Crippen LogP contribution in [0.4, 0.5) is 0 Å². The quantitative estimate of drug-likeness (QED) is 0.279. The van der Waals surface area contributed by atoms with Gasteiger partial charge in [0.2, 0.25) is 0 Å². The largest absolute Gasteiger partial charge is 0.394 e. The van der Waals surface area contributed by atoms with Gasteiger partial charge in [0.1, 0.15) is 24.4 Å². The average Bonchev–Trinajstić information content (AvgIpc) is 2.12. The third-order valence-electron chi connectivity index (χ3n) is 1.51. The standard InChI is InChI=1S/C6H14O6.Cu/c7-1-3(9)5(11)6(12)4(10)2-8;/h3-12H,1-2H2;.